The van der Waals surface area contributed by atoms with Gasteiger partial charge in [0.2, 0.25) is 6.29 Å². The Hall–Kier alpha value is -0.950. The fraction of sp³-hybridized carbons (Fsp3) is 0.0909. The van der Waals surface area contributed by atoms with Gasteiger partial charge in [-0.2, -0.15) is 0 Å². The lowest BCUT2D eigenvalue weighted by Gasteiger charge is -1.99. The third-order valence-corrected chi connectivity index (χ3v) is 4.10. The van der Waals surface area contributed by atoms with Gasteiger partial charge in [0.05, 0.1) is 17.6 Å². The second-order valence-electron chi connectivity index (χ2n) is 3.01. The van der Waals surface area contributed by atoms with Gasteiger partial charge in [-0.05, 0) is 34.7 Å². The third-order valence-electron chi connectivity index (χ3n) is 2.15. The molecule has 1 aromatic heterocycles. The zero-order valence-electron chi connectivity index (χ0n) is 8.24. The molecule has 0 saturated carbocycles. The molecule has 5 heteroatoms. The van der Waals surface area contributed by atoms with Crippen molar-refractivity contribution in [3.63, 3.8) is 0 Å². The van der Waals surface area contributed by atoms with Gasteiger partial charge in [0.25, 0.3) is 0 Å². The molecule has 0 fully saturated rings. The van der Waals surface area contributed by atoms with E-state index in [4.69, 9.17) is 0 Å². The molecular weight excluding hydrogens is 339 g/mol. The molecule has 0 aliphatic heterocycles. The molecule has 0 atom stereocenters. The number of halogens is 1. The summed E-state index contributed by atoms with van der Waals surface area (Å²) in [6, 6.07) is 5.64. The van der Waals surface area contributed by atoms with Gasteiger partial charge in [0.15, 0.2) is 0 Å². The fourth-order valence-corrected chi connectivity index (χ4v) is 3.44. The van der Waals surface area contributed by atoms with E-state index in [9.17, 15) is 9.59 Å². The molecule has 0 bridgehead atoms. The Kier molecular flexibility index (Phi) is 3.25. The van der Waals surface area contributed by atoms with Gasteiger partial charge in [0, 0.05) is 13.7 Å². The number of methoxy groups -OCH3 is 1. The van der Waals surface area contributed by atoms with Gasteiger partial charge < -0.3 is 4.74 Å². The number of carbonyl (C=O) groups is 1. The SMILES string of the molecule is COC(=O)c1c([C]=O)sc2cccc(I)c12. The molecule has 16 heavy (non-hydrogen) atoms. The number of ether oxygens (including phenoxy) is 1. The van der Waals surface area contributed by atoms with Crippen LogP contribution < -0.4 is 0 Å². The number of rotatable bonds is 2. The van der Waals surface area contributed by atoms with Crippen LogP contribution in [0.1, 0.15) is 15.2 Å². The Labute approximate surface area is 110 Å². The number of esters is 1. The molecule has 0 aliphatic rings. The van der Waals surface area contributed by atoms with E-state index in [1.54, 1.807) is 6.29 Å². The van der Waals surface area contributed by atoms with Crippen LogP contribution in [0.2, 0.25) is 0 Å². The van der Waals surface area contributed by atoms with Crippen molar-refractivity contribution in [2.75, 3.05) is 7.11 Å². The van der Waals surface area contributed by atoms with E-state index in [0.29, 0.717) is 10.4 Å². The first kappa shape index (κ1) is 11.5. The van der Waals surface area contributed by atoms with Crippen LogP contribution in [0.5, 0.6) is 0 Å². The van der Waals surface area contributed by atoms with E-state index in [2.05, 4.69) is 27.3 Å². The highest BCUT2D eigenvalue weighted by Crippen LogP contribution is 2.33. The topological polar surface area (TPSA) is 43.4 Å². The van der Waals surface area contributed by atoms with Crippen molar-refractivity contribution >= 4 is 56.3 Å². The van der Waals surface area contributed by atoms with E-state index in [1.165, 1.54) is 18.4 Å². The number of hydrogen-bond acceptors (Lipinski definition) is 4. The Morgan fingerprint density at radius 2 is 2.25 bits per heavy atom. The quantitative estimate of drug-likeness (QED) is 0.621. The summed E-state index contributed by atoms with van der Waals surface area (Å²) in [6.45, 7) is 0. The van der Waals surface area contributed by atoms with Crippen LogP contribution in [-0.4, -0.2) is 19.4 Å². The number of thiophene rings is 1. The van der Waals surface area contributed by atoms with Crippen molar-refractivity contribution in [1.82, 2.24) is 0 Å². The first-order valence-electron chi connectivity index (χ1n) is 4.36. The number of fused-ring (bicyclic) bond motifs is 1. The molecule has 2 aromatic rings. The molecule has 2 rings (SSSR count). The van der Waals surface area contributed by atoms with Crippen molar-refractivity contribution in [1.29, 1.82) is 0 Å². The summed E-state index contributed by atoms with van der Waals surface area (Å²) in [5, 5.41) is 0.776. The predicted octanol–water partition coefficient (Wildman–Crippen LogP) is 2.75. The molecule has 1 aromatic carbocycles. The summed E-state index contributed by atoms with van der Waals surface area (Å²) in [7, 11) is 1.30. The van der Waals surface area contributed by atoms with Gasteiger partial charge in [-0.1, -0.05) is 6.07 Å². The molecule has 0 saturated heterocycles. The minimum Gasteiger partial charge on any atom is -0.465 e. The Morgan fingerprint density at radius 1 is 1.50 bits per heavy atom. The normalized spacial score (nSPS) is 10.4. The standard InChI is InChI=1S/C11H6IO3S/c1-15-11(14)10-8(5-13)16-7-4-2-3-6(12)9(7)10/h2-4H,1H3. The summed E-state index contributed by atoms with van der Waals surface area (Å²) >= 11 is 3.38. The van der Waals surface area contributed by atoms with Crippen molar-refractivity contribution in [2.45, 2.75) is 0 Å². The molecule has 0 unspecified atom stereocenters. The molecule has 0 spiro atoms. The first-order chi connectivity index (χ1) is 7.69. The molecule has 81 valence electrons. The Morgan fingerprint density at radius 3 is 2.88 bits per heavy atom. The van der Waals surface area contributed by atoms with Gasteiger partial charge in [-0.3, -0.25) is 4.79 Å². The summed E-state index contributed by atoms with van der Waals surface area (Å²) in [5.74, 6) is -0.492. The van der Waals surface area contributed by atoms with Gasteiger partial charge in [-0.15, -0.1) is 11.3 Å². The Bertz CT molecular complexity index is 574. The average molecular weight is 345 g/mol. The maximum absolute atomic E-state index is 11.6. The van der Waals surface area contributed by atoms with Crippen LogP contribution in [0.15, 0.2) is 18.2 Å². The summed E-state index contributed by atoms with van der Waals surface area (Å²) in [6.07, 6.45) is 1.79. The van der Waals surface area contributed by atoms with Crippen LogP contribution >= 0.6 is 33.9 Å². The van der Waals surface area contributed by atoms with Crippen LogP contribution in [0.3, 0.4) is 0 Å². The summed E-state index contributed by atoms with van der Waals surface area (Å²) < 4.78 is 6.50. The maximum Gasteiger partial charge on any atom is 0.340 e. The maximum atomic E-state index is 11.6. The zero-order valence-corrected chi connectivity index (χ0v) is 11.2. The van der Waals surface area contributed by atoms with E-state index >= 15 is 0 Å². The second kappa shape index (κ2) is 4.50. The highest BCUT2D eigenvalue weighted by Gasteiger charge is 2.21. The Balaban J connectivity index is 2.86. The number of benzene rings is 1. The lowest BCUT2D eigenvalue weighted by molar-refractivity contribution is 0.0603. The lowest BCUT2D eigenvalue weighted by atomic mass is 10.1. The smallest absolute Gasteiger partial charge is 0.340 e. The van der Waals surface area contributed by atoms with Gasteiger partial charge in [0.1, 0.15) is 0 Å². The highest BCUT2D eigenvalue weighted by molar-refractivity contribution is 14.1. The third kappa shape index (κ3) is 1.73. The molecule has 3 nitrogen and oxygen atoms in total. The van der Waals surface area contributed by atoms with E-state index in [0.717, 1.165) is 13.7 Å². The zero-order chi connectivity index (χ0) is 11.7. The minimum absolute atomic E-state index is 0.297. The first-order valence-corrected chi connectivity index (χ1v) is 6.26. The molecule has 1 radical (unpaired) electrons. The summed E-state index contributed by atoms with van der Waals surface area (Å²) in [4.78, 5) is 22.7. The molecule has 0 amide bonds. The van der Waals surface area contributed by atoms with Crippen molar-refractivity contribution in [2.24, 2.45) is 0 Å². The minimum atomic E-state index is -0.492. The number of hydrogen-bond donors (Lipinski definition) is 0. The average Bonchev–Trinajstić information content (AvgIpc) is 2.68. The fourth-order valence-electron chi connectivity index (χ4n) is 1.48. The van der Waals surface area contributed by atoms with Gasteiger partial charge in [-0.25, -0.2) is 4.79 Å². The molecule has 1 heterocycles. The van der Waals surface area contributed by atoms with E-state index < -0.39 is 5.97 Å². The van der Waals surface area contributed by atoms with Crippen LogP contribution in [0.4, 0.5) is 0 Å². The van der Waals surface area contributed by atoms with Crippen LogP contribution in [-0.2, 0) is 9.53 Å². The van der Waals surface area contributed by atoms with Crippen molar-refractivity contribution in [3.8, 4) is 0 Å². The largest absolute Gasteiger partial charge is 0.465 e. The van der Waals surface area contributed by atoms with E-state index in [-0.39, 0.29) is 0 Å². The molecule has 0 aliphatic carbocycles. The lowest BCUT2D eigenvalue weighted by Crippen LogP contribution is -2.03. The van der Waals surface area contributed by atoms with Crippen molar-refractivity contribution in [3.05, 3.63) is 32.2 Å². The second-order valence-corrected chi connectivity index (χ2v) is 5.23. The molecular formula is C11H6IO3S. The number of carbonyl (C=O) groups excluding carboxylic acids is 2. The molecule has 0 N–H and O–H groups in total. The van der Waals surface area contributed by atoms with Crippen molar-refractivity contribution < 1.29 is 14.3 Å². The predicted molar refractivity (Wildman–Crippen MR) is 70.7 cm³/mol. The monoisotopic (exact) mass is 345 g/mol. The van der Waals surface area contributed by atoms with Crippen LogP contribution in [0, 0.1) is 3.57 Å². The van der Waals surface area contributed by atoms with E-state index in [1.807, 2.05) is 18.2 Å². The van der Waals surface area contributed by atoms with Crippen LogP contribution in [0.25, 0.3) is 10.1 Å². The van der Waals surface area contributed by atoms with Gasteiger partial charge >= 0.3 is 5.97 Å². The summed E-state index contributed by atoms with van der Waals surface area (Å²) in [5.41, 5.74) is 0.322. The highest BCUT2D eigenvalue weighted by atomic mass is 127.